The average Bonchev–Trinajstić information content (AvgIpc) is 3.74. The van der Waals surface area contributed by atoms with Gasteiger partial charge in [-0.05, 0) is 44.2 Å². The van der Waals surface area contributed by atoms with Gasteiger partial charge in [-0.3, -0.25) is 9.91 Å². The van der Waals surface area contributed by atoms with Crippen molar-refractivity contribution in [3.05, 3.63) is 72.1 Å². The second-order valence-corrected chi connectivity index (χ2v) is 9.80. The number of urea groups is 1. The molecule has 5 rings (SSSR count). The van der Waals surface area contributed by atoms with E-state index < -0.39 is 29.4 Å². The van der Waals surface area contributed by atoms with Crippen molar-refractivity contribution in [1.29, 1.82) is 0 Å². The summed E-state index contributed by atoms with van der Waals surface area (Å²) in [5.74, 6) is -1.76. The van der Waals surface area contributed by atoms with Crippen molar-refractivity contribution in [2.75, 3.05) is 44.5 Å². The number of amides is 2. The van der Waals surface area contributed by atoms with Gasteiger partial charge in [-0.1, -0.05) is 11.3 Å². The Kier molecular flexibility index (Phi) is 8.20. The van der Waals surface area contributed by atoms with E-state index in [-0.39, 0.29) is 44.7 Å². The highest BCUT2D eigenvalue weighted by Crippen LogP contribution is 2.35. The molecule has 0 aliphatic carbocycles. The lowest BCUT2D eigenvalue weighted by Gasteiger charge is -2.41. The number of carbonyl (C=O) groups excluding carboxylic acids is 2. The minimum absolute atomic E-state index is 0.0927. The van der Waals surface area contributed by atoms with Crippen LogP contribution in [0.25, 0.3) is 5.69 Å². The maximum absolute atomic E-state index is 15.2. The zero-order valence-corrected chi connectivity index (χ0v) is 23.0. The molecule has 3 heterocycles. The number of aromatic nitrogens is 3. The molecular weight excluding hydrogens is 554 g/mol. The lowest BCUT2D eigenvalue weighted by atomic mass is 9.85. The molecule has 2 atom stereocenters. The number of hydrazone groups is 1. The van der Waals surface area contributed by atoms with E-state index in [1.807, 2.05) is 0 Å². The number of halogens is 2. The average molecular weight is 585 g/mol. The number of rotatable bonds is 10. The number of β-amino-alcohol motifs (C(OH)–C–C–N with tert-alkyl or cyclic N) is 1. The van der Waals surface area contributed by atoms with E-state index >= 15 is 4.39 Å². The Morgan fingerprint density at radius 3 is 2.57 bits per heavy atom. The molecule has 0 radical (unpaired) electrons. The van der Waals surface area contributed by atoms with Crippen molar-refractivity contribution < 1.29 is 33.0 Å². The first-order valence-electron chi connectivity index (χ1n) is 13.2. The number of aliphatic hydroxyl groups is 1. The van der Waals surface area contributed by atoms with Gasteiger partial charge in [0.2, 0.25) is 0 Å². The van der Waals surface area contributed by atoms with E-state index in [4.69, 9.17) is 9.47 Å². The van der Waals surface area contributed by atoms with Crippen molar-refractivity contribution in [2.24, 2.45) is 5.10 Å². The van der Waals surface area contributed by atoms with Crippen LogP contribution in [0.15, 0.2) is 60.0 Å². The molecule has 1 saturated heterocycles. The molecule has 3 aromatic rings. The molecule has 0 saturated carbocycles. The molecule has 2 aromatic carbocycles. The van der Waals surface area contributed by atoms with Crippen LogP contribution in [0.2, 0.25) is 0 Å². The normalized spacial score (nSPS) is 17.1. The summed E-state index contributed by atoms with van der Waals surface area (Å²) in [5, 5.41) is 25.5. The Labute approximate surface area is 240 Å². The summed E-state index contributed by atoms with van der Waals surface area (Å²) in [6.07, 6.45) is 3.82. The zero-order valence-electron chi connectivity index (χ0n) is 23.0. The van der Waals surface area contributed by atoms with Gasteiger partial charge < -0.3 is 24.4 Å². The minimum atomic E-state index is -2.00. The standard InChI is InChI=1S/C27H30F2N8O5/c1-3-41-26(39)42-18-33-16-31-34(17-33)15-27(40,23-9-4-20(28)14-24(23)29)19(2)35-12-13-36(25(35)38)21-5-7-22(8-6-21)37-11-10-30-32-37/h4-11,14,16,19,40H,3,12-13,15,17-18H2,1-2H3/t19-,27-/m1/s1. The van der Waals surface area contributed by atoms with Crippen molar-refractivity contribution in [3.8, 4) is 5.69 Å². The monoisotopic (exact) mass is 584 g/mol. The second kappa shape index (κ2) is 12.0. The third-order valence-corrected chi connectivity index (χ3v) is 7.20. The second-order valence-electron chi connectivity index (χ2n) is 9.80. The lowest BCUT2D eigenvalue weighted by Crippen LogP contribution is -2.55. The summed E-state index contributed by atoms with van der Waals surface area (Å²) in [5.41, 5.74) is -0.787. The van der Waals surface area contributed by atoms with E-state index in [0.717, 1.165) is 11.8 Å². The molecule has 13 nitrogen and oxygen atoms in total. The summed E-state index contributed by atoms with van der Waals surface area (Å²) in [6, 6.07) is 8.74. The van der Waals surface area contributed by atoms with Crippen molar-refractivity contribution in [1.82, 2.24) is 29.8 Å². The largest absolute Gasteiger partial charge is 0.509 e. The molecule has 0 bridgehead atoms. The Morgan fingerprint density at radius 1 is 1.12 bits per heavy atom. The van der Waals surface area contributed by atoms with Gasteiger partial charge in [-0.15, -0.1) is 5.10 Å². The van der Waals surface area contributed by atoms with E-state index in [0.29, 0.717) is 18.3 Å². The summed E-state index contributed by atoms with van der Waals surface area (Å²) < 4.78 is 40.3. The van der Waals surface area contributed by atoms with Crippen molar-refractivity contribution >= 4 is 24.2 Å². The Balaban J connectivity index is 1.34. The maximum Gasteiger partial charge on any atom is 0.509 e. The highest BCUT2D eigenvalue weighted by atomic mass is 19.1. The van der Waals surface area contributed by atoms with Crippen molar-refractivity contribution in [3.63, 3.8) is 0 Å². The number of anilines is 1. The highest BCUT2D eigenvalue weighted by Gasteiger charge is 2.47. The van der Waals surface area contributed by atoms with Crippen LogP contribution in [-0.4, -0.2) is 99.1 Å². The van der Waals surface area contributed by atoms with Crippen LogP contribution < -0.4 is 4.90 Å². The minimum Gasteiger partial charge on any atom is -0.435 e. The van der Waals surface area contributed by atoms with Gasteiger partial charge in [0, 0.05) is 30.4 Å². The summed E-state index contributed by atoms with van der Waals surface area (Å²) in [7, 11) is 0. The van der Waals surface area contributed by atoms with Gasteiger partial charge in [-0.25, -0.2) is 23.1 Å². The Bertz CT molecular complexity index is 1440. The van der Waals surface area contributed by atoms with Crippen LogP contribution in [-0.2, 0) is 15.1 Å². The fourth-order valence-corrected chi connectivity index (χ4v) is 4.99. The van der Waals surface area contributed by atoms with E-state index in [9.17, 15) is 19.1 Å². The first-order chi connectivity index (χ1) is 20.2. The summed E-state index contributed by atoms with van der Waals surface area (Å²) in [6.45, 7) is 3.68. The SMILES string of the molecule is CCOC(=O)OCN1C=NN(C[C@](O)(c2ccc(F)cc2F)[C@@H](C)N2CCN(c3ccc(-n4ccnn4)cc3)C2=O)C1. The first kappa shape index (κ1) is 28.7. The van der Waals surface area contributed by atoms with Crippen LogP contribution >= 0.6 is 0 Å². The van der Waals surface area contributed by atoms with Crippen LogP contribution in [0.4, 0.5) is 24.1 Å². The smallest absolute Gasteiger partial charge is 0.435 e. The molecule has 1 aromatic heterocycles. The first-order valence-corrected chi connectivity index (χ1v) is 13.2. The van der Waals surface area contributed by atoms with Crippen LogP contribution in [0, 0.1) is 11.6 Å². The lowest BCUT2D eigenvalue weighted by molar-refractivity contribution is -0.0601. The molecule has 1 N–H and O–H groups in total. The fraction of sp³-hybridized carbons (Fsp3) is 0.370. The number of hydrogen-bond acceptors (Lipinski definition) is 10. The van der Waals surface area contributed by atoms with Crippen molar-refractivity contribution in [2.45, 2.75) is 25.5 Å². The van der Waals surface area contributed by atoms with E-state index in [2.05, 4.69) is 15.4 Å². The molecule has 2 aliphatic rings. The number of nitrogens with zero attached hydrogens (tertiary/aromatic N) is 8. The van der Waals surface area contributed by atoms with Crippen LogP contribution in [0.3, 0.4) is 0 Å². The van der Waals surface area contributed by atoms with Gasteiger partial charge in [0.15, 0.2) is 6.73 Å². The molecule has 2 amide bonds. The quantitative estimate of drug-likeness (QED) is 0.358. The molecule has 0 unspecified atom stereocenters. The predicted molar refractivity (Wildman–Crippen MR) is 145 cm³/mol. The number of ether oxygens (including phenoxy) is 2. The zero-order chi connectivity index (χ0) is 29.9. The molecular formula is C27H30F2N8O5. The highest BCUT2D eigenvalue weighted by molar-refractivity contribution is 5.94. The van der Waals surface area contributed by atoms with Gasteiger partial charge in [-0.2, -0.15) is 5.10 Å². The Hall–Kier alpha value is -4.79. The molecule has 222 valence electrons. The van der Waals surface area contributed by atoms with Gasteiger partial charge in [0.1, 0.15) is 30.2 Å². The topological polar surface area (TPSA) is 129 Å². The van der Waals surface area contributed by atoms with Gasteiger partial charge in [0.05, 0.1) is 37.3 Å². The fourth-order valence-electron chi connectivity index (χ4n) is 4.99. The summed E-state index contributed by atoms with van der Waals surface area (Å²) in [4.78, 5) is 29.7. The van der Waals surface area contributed by atoms with Crippen LogP contribution in [0.5, 0.6) is 0 Å². The predicted octanol–water partition coefficient (Wildman–Crippen LogP) is 2.71. The summed E-state index contributed by atoms with van der Waals surface area (Å²) >= 11 is 0. The van der Waals surface area contributed by atoms with Crippen LogP contribution in [0.1, 0.15) is 19.4 Å². The van der Waals surface area contributed by atoms with E-state index in [1.165, 1.54) is 27.2 Å². The Morgan fingerprint density at radius 2 is 1.88 bits per heavy atom. The molecule has 1 fully saturated rings. The molecule has 42 heavy (non-hydrogen) atoms. The molecule has 0 spiro atoms. The maximum atomic E-state index is 15.2. The number of benzene rings is 2. The third-order valence-electron chi connectivity index (χ3n) is 7.20. The van der Waals surface area contributed by atoms with E-state index in [1.54, 1.807) is 60.1 Å². The van der Waals surface area contributed by atoms with Gasteiger partial charge >= 0.3 is 12.2 Å². The third kappa shape index (κ3) is 5.81. The number of hydrogen-bond donors (Lipinski definition) is 1. The molecule has 2 aliphatic heterocycles. The van der Waals surface area contributed by atoms with Gasteiger partial charge in [0.25, 0.3) is 0 Å². The number of carbonyl (C=O) groups is 2. The molecule has 15 heteroatoms.